The topological polar surface area (TPSA) is 17.1 Å². The van der Waals surface area contributed by atoms with Gasteiger partial charge in [-0.2, -0.15) is 0 Å². The van der Waals surface area contributed by atoms with Gasteiger partial charge in [0, 0.05) is 5.56 Å². The van der Waals surface area contributed by atoms with E-state index in [2.05, 4.69) is 0 Å². The molecule has 0 spiro atoms. The molecule has 0 N–H and O–H groups in total. The molecule has 2 heteroatoms. The fourth-order valence-electron chi connectivity index (χ4n) is 1.72. The lowest BCUT2D eigenvalue weighted by Gasteiger charge is -2.09. The van der Waals surface area contributed by atoms with Gasteiger partial charge in [-0.15, -0.1) is 11.6 Å². The van der Waals surface area contributed by atoms with Gasteiger partial charge in [0.05, 0.1) is 0 Å². The van der Waals surface area contributed by atoms with E-state index in [-0.39, 0.29) is 5.78 Å². The van der Waals surface area contributed by atoms with E-state index in [0.29, 0.717) is 5.56 Å². The first-order chi connectivity index (χ1) is 8.18. The Labute approximate surface area is 106 Å². The monoisotopic (exact) mass is 244 g/mol. The quantitative estimate of drug-likeness (QED) is 0.585. The van der Waals surface area contributed by atoms with Crippen molar-refractivity contribution >= 4 is 17.4 Å². The maximum absolute atomic E-state index is 12.2. The molecule has 0 saturated heterocycles. The molecule has 0 aromatic heterocycles. The summed E-state index contributed by atoms with van der Waals surface area (Å²) in [5.41, 5.74) is 2.56. The molecule has 86 valence electrons. The molecule has 0 fully saturated rings. The first-order valence-electron chi connectivity index (χ1n) is 5.48. The summed E-state index contributed by atoms with van der Waals surface area (Å²) in [4.78, 5) is 12.2. The van der Waals surface area contributed by atoms with Crippen LogP contribution in [0.2, 0.25) is 0 Å². The van der Waals surface area contributed by atoms with Crippen molar-refractivity contribution in [1.29, 1.82) is 0 Å². The van der Waals surface area contributed by atoms with Crippen LogP contribution in [0.15, 0.2) is 54.6 Å². The third-order valence-corrected chi connectivity index (χ3v) is 3.08. The van der Waals surface area contributed by atoms with E-state index in [1.807, 2.05) is 55.5 Å². The number of hydrogen-bond donors (Lipinski definition) is 0. The summed E-state index contributed by atoms with van der Waals surface area (Å²) in [6.07, 6.45) is 0. The lowest BCUT2D eigenvalue weighted by Crippen LogP contribution is -2.07. The third kappa shape index (κ3) is 2.75. The van der Waals surface area contributed by atoms with Crippen molar-refractivity contribution in [2.75, 3.05) is 0 Å². The zero-order valence-corrected chi connectivity index (χ0v) is 10.3. The van der Waals surface area contributed by atoms with Gasteiger partial charge in [0.25, 0.3) is 0 Å². The van der Waals surface area contributed by atoms with Crippen molar-refractivity contribution in [2.24, 2.45) is 0 Å². The highest BCUT2D eigenvalue weighted by molar-refractivity contribution is 6.33. The van der Waals surface area contributed by atoms with Crippen LogP contribution in [0.1, 0.15) is 26.9 Å². The van der Waals surface area contributed by atoms with E-state index in [9.17, 15) is 4.79 Å². The lowest BCUT2D eigenvalue weighted by atomic mass is 10.0. The number of benzene rings is 2. The van der Waals surface area contributed by atoms with Crippen LogP contribution in [0.25, 0.3) is 0 Å². The number of rotatable bonds is 3. The fraction of sp³-hybridized carbons (Fsp3) is 0.133. The predicted molar refractivity (Wildman–Crippen MR) is 70.5 cm³/mol. The molecule has 0 aliphatic carbocycles. The summed E-state index contributed by atoms with van der Waals surface area (Å²) >= 11 is 6.19. The molecular formula is C15H13ClO. The second-order valence-electron chi connectivity index (χ2n) is 4.01. The molecule has 0 amide bonds. The molecule has 17 heavy (non-hydrogen) atoms. The molecule has 2 rings (SSSR count). The van der Waals surface area contributed by atoms with Gasteiger partial charge in [-0.1, -0.05) is 54.1 Å². The Morgan fingerprint density at radius 1 is 1.06 bits per heavy atom. The van der Waals surface area contributed by atoms with E-state index in [4.69, 9.17) is 11.6 Å². The molecular weight excluding hydrogens is 232 g/mol. The van der Waals surface area contributed by atoms with Gasteiger partial charge < -0.3 is 0 Å². The van der Waals surface area contributed by atoms with Gasteiger partial charge in [0.1, 0.15) is 5.38 Å². The smallest absolute Gasteiger partial charge is 0.185 e. The molecule has 1 unspecified atom stereocenters. The van der Waals surface area contributed by atoms with Crippen LogP contribution in [0.3, 0.4) is 0 Å². The van der Waals surface area contributed by atoms with Crippen LogP contribution >= 0.6 is 11.6 Å². The van der Waals surface area contributed by atoms with E-state index in [1.165, 1.54) is 0 Å². The summed E-state index contributed by atoms with van der Waals surface area (Å²) < 4.78 is 0. The Morgan fingerprint density at radius 3 is 2.41 bits per heavy atom. The first kappa shape index (κ1) is 11.9. The summed E-state index contributed by atoms with van der Waals surface area (Å²) in [6, 6.07) is 16.9. The number of hydrogen-bond acceptors (Lipinski definition) is 1. The molecule has 0 radical (unpaired) electrons. The van der Waals surface area contributed by atoms with Crippen molar-refractivity contribution in [2.45, 2.75) is 12.3 Å². The summed E-state index contributed by atoms with van der Waals surface area (Å²) in [5.74, 6) is -0.0541. The van der Waals surface area contributed by atoms with E-state index < -0.39 is 5.38 Å². The molecule has 1 atom stereocenters. The van der Waals surface area contributed by atoms with Gasteiger partial charge in [-0.05, 0) is 18.6 Å². The maximum atomic E-state index is 12.2. The van der Waals surface area contributed by atoms with Crippen molar-refractivity contribution in [3.8, 4) is 0 Å². The number of carbonyl (C=O) groups is 1. The fourth-order valence-corrected chi connectivity index (χ4v) is 1.99. The third-order valence-electron chi connectivity index (χ3n) is 2.63. The largest absolute Gasteiger partial charge is 0.292 e. The average Bonchev–Trinajstić information content (AvgIpc) is 2.38. The highest BCUT2D eigenvalue weighted by Gasteiger charge is 2.18. The average molecular weight is 245 g/mol. The van der Waals surface area contributed by atoms with Gasteiger partial charge in [0.2, 0.25) is 0 Å². The Kier molecular flexibility index (Phi) is 3.60. The number of carbonyl (C=O) groups excluding carboxylic acids is 1. The minimum atomic E-state index is -0.613. The summed E-state index contributed by atoms with van der Waals surface area (Å²) in [6.45, 7) is 1.96. The van der Waals surface area contributed by atoms with Crippen molar-refractivity contribution in [1.82, 2.24) is 0 Å². The molecule has 0 aliphatic rings. The van der Waals surface area contributed by atoms with E-state index in [0.717, 1.165) is 11.1 Å². The predicted octanol–water partition coefficient (Wildman–Crippen LogP) is 4.16. The normalized spacial score (nSPS) is 12.1. The first-order valence-corrected chi connectivity index (χ1v) is 5.92. The van der Waals surface area contributed by atoms with Crippen molar-refractivity contribution in [3.05, 3.63) is 71.3 Å². The molecule has 2 aromatic carbocycles. The number of ketones is 1. The standard InChI is InChI=1S/C15H13ClO/c1-11-6-5-9-13(10-11)15(17)14(16)12-7-3-2-4-8-12/h2-10,14H,1H3. The lowest BCUT2D eigenvalue weighted by molar-refractivity contribution is 0.0987. The van der Waals surface area contributed by atoms with Gasteiger partial charge in [-0.3, -0.25) is 4.79 Å². The summed E-state index contributed by atoms with van der Waals surface area (Å²) in [7, 11) is 0. The highest BCUT2D eigenvalue weighted by Crippen LogP contribution is 2.25. The zero-order valence-electron chi connectivity index (χ0n) is 9.56. The number of alkyl halides is 1. The Bertz CT molecular complexity index is 519. The molecule has 1 nitrogen and oxygen atoms in total. The SMILES string of the molecule is Cc1cccc(C(=O)C(Cl)c2ccccc2)c1. The van der Waals surface area contributed by atoms with Crippen LogP contribution in [0, 0.1) is 6.92 Å². The molecule has 0 bridgehead atoms. The van der Waals surface area contributed by atoms with Crippen molar-refractivity contribution < 1.29 is 4.79 Å². The van der Waals surface area contributed by atoms with Crippen LogP contribution in [0.4, 0.5) is 0 Å². The molecule has 0 saturated carbocycles. The van der Waals surface area contributed by atoms with Crippen LogP contribution in [-0.2, 0) is 0 Å². The number of halogens is 1. The Hall–Kier alpha value is -1.60. The number of Topliss-reactive ketones (excluding diaryl/α,β-unsaturated/α-hetero) is 1. The maximum Gasteiger partial charge on any atom is 0.185 e. The van der Waals surface area contributed by atoms with E-state index >= 15 is 0 Å². The number of aryl methyl sites for hydroxylation is 1. The zero-order chi connectivity index (χ0) is 12.3. The molecule has 0 aliphatic heterocycles. The molecule has 2 aromatic rings. The van der Waals surface area contributed by atoms with Gasteiger partial charge >= 0.3 is 0 Å². The minimum absolute atomic E-state index is 0.0541. The van der Waals surface area contributed by atoms with Gasteiger partial charge in [0.15, 0.2) is 5.78 Å². The van der Waals surface area contributed by atoms with Gasteiger partial charge in [-0.25, -0.2) is 0 Å². The Balaban J connectivity index is 2.27. The second kappa shape index (κ2) is 5.15. The Morgan fingerprint density at radius 2 is 1.76 bits per heavy atom. The minimum Gasteiger partial charge on any atom is -0.292 e. The molecule has 0 heterocycles. The van der Waals surface area contributed by atoms with Crippen LogP contribution in [0.5, 0.6) is 0 Å². The van der Waals surface area contributed by atoms with Crippen LogP contribution in [-0.4, -0.2) is 5.78 Å². The van der Waals surface area contributed by atoms with E-state index in [1.54, 1.807) is 6.07 Å². The van der Waals surface area contributed by atoms with Crippen LogP contribution < -0.4 is 0 Å². The summed E-state index contributed by atoms with van der Waals surface area (Å²) in [5, 5.41) is -0.613. The highest BCUT2D eigenvalue weighted by atomic mass is 35.5. The second-order valence-corrected chi connectivity index (χ2v) is 4.44. The van der Waals surface area contributed by atoms with Crippen molar-refractivity contribution in [3.63, 3.8) is 0 Å².